The summed E-state index contributed by atoms with van der Waals surface area (Å²) in [7, 11) is 0. The molecule has 0 saturated heterocycles. The Labute approximate surface area is 155 Å². The average molecular weight is 385 g/mol. The summed E-state index contributed by atoms with van der Waals surface area (Å²) in [6.45, 7) is 2.64. The van der Waals surface area contributed by atoms with E-state index in [-0.39, 0.29) is 17.4 Å². The van der Waals surface area contributed by atoms with E-state index >= 15 is 0 Å². The van der Waals surface area contributed by atoms with Crippen molar-refractivity contribution < 1.29 is 28.5 Å². The summed E-state index contributed by atoms with van der Waals surface area (Å²) in [5.74, 6) is 0.634. The predicted octanol–water partition coefficient (Wildman–Crippen LogP) is 1.64. The molecule has 27 heavy (non-hydrogen) atoms. The average Bonchev–Trinajstić information content (AvgIpc) is 3.39. The Hall–Kier alpha value is -2.55. The number of urea groups is 1. The number of hydrogen-bond acceptors (Lipinski definition) is 3. The lowest BCUT2D eigenvalue weighted by Gasteiger charge is -2.26. The third kappa shape index (κ3) is 5.72. The number of carbonyl (C=O) groups excluding carboxylic acids is 1. The minimum atomic E-state index is -4.77. The van der Waals surface area contributed by atoms with Gasteiger partial charge in [-0.25, -0.2) is 4.79 Å². The standard InChI is InChI=1S/C18H23F3N4O2/c1-11(12-3-4-12)24-16(26)25-15(22)9-10-23-14-7-5-13(6-8-14)17(2,27)18(19,20)21/h5-12,23,27H,3-4H2,1-2H3,(H3,22,24,25,26)/p+1/b10-9-/t11-,17?/m0/s1. The number of carbonyl (C=O) groups is 1. The highest BCUT2D eigenvalue weighted by Gasteiger charge is 2.51. The van der Waals surface area contributed by atoms with E-state index in [0.717, 1.165) is 12.8 Å². The van der Waals surface area contributed by atoms with Crippen molar-refractivity contribution in [1.82, 2.24) is 10.6 Å². The molecule has 1 saturated carbocycles. The van der Waals surface area contributed by atoms with Gasteiger partial charge in [0.25, 0.3) is 5.84 Å². The second kappa shape index (κ2) is 7.99. The number of aliphatic hydroxyl groups is 1. The highest BCUT2D eigenvalue weighted by atomic mass is 19.4. The van der Waals surface area contributed by atoms with Crippen LogP contribution < -0.4 is 21.4 Å². The lowest BCUT2D eigenvalue weighted by atomic mass is 9.95. The fourth-order valence-corrected chi connectivity index (χ4v) is 2.41. The first-order valence-corrected chi connectivity index (χ1v) is 8.53. The fraction of sp³-hybridized carbons (Fsp3) is 0.444. The lowest BCUT2D eigenvalue weighted by molar-refractivity contribution is -0.258. The molecule has 6 nitrogen and oxygen atoms in total. The minimum absolute atomic E-state index is 0.0901. The zero-order chi connectivity index (χ0) is 20.2. The zero-order valence-corrected chi connectivity index (χ0v) is 15.1. The molecule has 1 aromatic rings. The lowest BCUT2D eigenvalue weighted by Crippen LogP contribution is -2.53. The van der Waals surface area contributed by atoms with Crippen molar-refractivity contribution in [3.05, 3.63) is 42.1 Å². The minimum Gasteiger partial charge on any atom is -0.376 e. The molecular weight excluding hydrogens is 361 g/mol. The number of hydrogen-bond donors (Lipinski definition) is 5. The molecule has 1 aromatic carbocycles. The molecule has 1 aliphatic rings. The summed E-state index contributed by atoms with van der Waals surface area (Å²) in [5, 5.41) is 23.4. The van der Waals surface area contributed by atoms with Gasteiger partial charge in [-0.2, -0.15) is 18.5 Å². The zero-order valence-electron chi connectivity index (χ0n) is 15.1. The van der Waals surface area contributed by atoms with Gasteiger partial charge in [-0.15, -0.1) is 0 Å². The second-order valence-corrected chi connectivity index (χ2v) is 6.80. The summed E-state index contributed by atoms with van der Waals surface area (Å²) in [6, 6.07) is 4.85. The van der Waals surface area contributed by atoms with Gasteiger partial charge in [0.1, 0.15) is 0 Å². The largest absolute Gasteiger partial charge is 0.421 e. The van der Waals surface area contributed by atoms with Crippen LogP contribution in [0.5, 0.6) is 0 Å². The van der Waals surface area contributed by atoms with Crippen LogP contribution in [0, 0.1) is 5.92 Å². The van der Waals surface area contributed by atoms with Crippen LogP contribution in [0.15, 0.2) is 36.5 Å². The third-order valence-electron chi connectivity index (χ3n) is 4.46. The molecular formula is C18H24F3N4O2+. The van der Waals surface area contributed by atoms with Gasteiger partial charge in [0, 0.05) is 24.0 Å². The number of benzene rings is 1. The Bertz CT molecular complexity index is 710. The van der Waals surface area contributed by atoms with Crippen LogP contribution in [-0.4, -0.2) is 29.2 Å². The topological polar surface area (TPSA) is 99.0 Å². The van der Waals surface area contributed by atoms with Crippen molar-refractivity contribution in [1.29, 1.82) is 0 Å². The van der Waals surface area contributed by atoms with Crippen LogP contribution in [0.2, 0.25) is 0 Å². The van der Waals surface area contributed by atoms with E-state index in [1.54, 1.807) is 0 Å². The first-order valence-electron chi connectivity index (χ1n) is 8.53. The molecule has 1 aliphatic carbocycles. The number of anilines is 1. The van der Waals surface area contributed by atoms with Crippen LogP contribution in [0.1, 0.15) is 32.3 Å². The Kier molecular flexibility index (Phi) is 6.15. The molecule has 0 bridgehead atoms. The SMILES string of the molecule is C[C@H](NC(=O)NC(=[NH2+])/C=C\Nc1ccc(C(C)(O)C(F)(F)F)cc1)C1CC1. The highest BCUT2D eigenvalue weighted by Crippen LogP contribution is 2.38. The Balaban J connectivity index is 1.83. The van der Waals surface area contributed by atoms with E-state index < -0.39 is 17.8 Å². The number of amidine groups is 1. The van der Waals surface area contributed by atoms with E-state index in [1.807, 2.05) is 6.92 Å². The summed E-state index contributed by atoms with van der Waals surface area (Å²) in [5.41, 5.74) is -2.69. The number of amides is 2. The molecule has 0 radical (unpaired) electrons. The molecule has 1 unspecified atom stereocenters. The summed E-state index contributed by atoms with van der Waals surface area (Å²) < 4.78 is 38.4. The number of rotatable bonds is 6. The van der Waals surface area contributed by atoms with Crippen LogP contribution in [-0.2, 0) is 5.60 Å². The summed E-state index contributed by atoms with van der Waals surface area (Å²) in [6.07, 6.45) is 0.315. The molecule has 0 aromatic heterocycles. The maximum Gasteiger partial charge on any atom is 0.421 e. The number of halogens is 3. The van der Waals surface area contributed by atoms with E-state index in [1.165, 1.54) is 36.5 Å². The molecule has 0 spiro atoms. The first kappa shape index (κ1) is 20.8. The molecule has 0 aliphatic heterocycles. The van der Waals surface area contributed by atoms with Gasteiger partial charge >= 0.3 is 12.2 Å². The molecule has 148 valence electrons. The van der Waals surface area contributed by atoms with Crippen molar-refractivity contribution in [2.24, 2.45) is 5.92 Å². The molecule has 2 atom stereocenters. The maximum absolute atomic E-state index is 12.8. The Morgan fingerprint density at radius 1 is 1.30 bits per heavy atom. The number of nitrogens with one attached hydrogen (secondary N) is 3. The number of alkyl halides is 3. The smallest absolute Gasteiger partial charge is 0.376 e. The van der Waals surface area contributed by atoms with E-state index in [4.69, 9.17) is 5.41 Å². The maximum atomic E-state index is 12.8. The van der Waals surface area contributed by atoms with Crippen LogP contribution in [0.25, 0.3) is 0 Å². The highest BCUT2D eigenvalue weighted by molar-refractivity contribution is 6.00. The molecule has 9 heteroatoms. The second-order valence-electron chi connectivity index (χ2n) is 6.80. The van der Waals surface area contributed by atoms with Gasteiger partial charge in [0.05, 0.1) is 0 Å². The first-order chi connectivity index (χ1) is 12.5. The van der Waals surface area contributed by atoms with Crippen molar-refractivity contribution in [3.8, 4) is 0 Å². The normalized spacial score (nSPS) is 17.9. The van der Waals surface area contributed by atoms with Gasteiger partial charge in [-0.3, -0.25) is 5.41 Å². The van der Waals surface area contributed by atoms with E-state index in [9.17, 15) is 23.1 Å². The monoisotopic (exact) mass is 385 g/mol. The summed E-state index contributed by atoms with van der Waals surface area (Å²) in [4.78, 5) is 11.7. The Morgan fingerprint density at radius 2 is 1.89 bits per heavy atom. The van der Waals surface area contributed by atoms with Crippen molar-refractivity contribution in [2.75, 3.05) is 5.32 Å². The Morgan fingerprint density at radius 3 is 2.41 bits per heavy atom. The summed E-state index contributed by atoms with van der Waals surface area (Å²) >= 11 is 0. The third-order valence-corrected chi connectivity index (χ3v) is 4.46. The fourth-order valence-electron chi connectivity index (χ4n) is 2.41. The molecule has 1 fully saturated rings. The molecule has 2 rings (SSSR count). The quantitative estimate of drug-likeness (QED) is 0.380. The van der Waals surface area contributed by atoms with Crippen LogP contribution >= 0.6 is 0 Å². The van der Waals surface area contributed by atoms with Gasteiger partial charge in [-0.1, -0.05) is 12.1 Å². The van der Waals surface area contributed by atoms with Crippen LogP contribution in [0.3, 0.4) is 0 Å². The number of nitrogens with two attached hydrogens (primary N) is 1. The van der Waals surface area contributed by atoms with Gasteiger partial charge in [0.2, 0.25) is 0 Å². The van der Waals surface area contributed by atoms with E-state index in [2.05, 4.69) is 16.0 Å². The predicted molar refractivity (Wildman–Crippen MR) is 95.6 cm³/mol. The van der Waals surface area contributed by atoms with Crippen molar-refractivity contribution in [3.63, 3.8) is 0 Å². The van der Waals surface area contributed by atoms with Crippen molar-refractivity contribution in [2.45, 2.75) is 44.5 Å². The van der Waals surface area contributed by atoms with Gasteiger partial charge in [-0.05, 0) is 50.3 Å². The molecule has 0 heterocycles. The molecule has 6 N–H and O–H groups in total. The van der Waals surface area contributed by atoms with E-state index in [0.29, 0.717) is 18.5 Å². The van der Waals surface area contributed by atoms with Crippen LogP contribution in [0.4, 0.5) is 23.7 Å². The van der Waals surface area contributed by atoms with Gasteiger partial charge in [0.15, 0.2) is 5.60 Å². The van der Waals surface area contributed by atoms with Crippen molar-refractivity contribution >= 4 is 17.6 Å². The van der Waals surface area contributed by atoms with Gasteiger partial charge < -0.3 is 15.7 Å². The molecule has 2 amide bonds.